The van der Waals surface area contributed by atoms with Gasteiger partial charge < -0.3 is 0 Å². The molecule has 0 aromatic heterocycles. The predicted molar refractivity (Wildman–Crippen MR) is 48.5 cm³/mol. The smallest absolute Gasteiger partial charge is 0.159 e. The number of allylic oxidation sites excluding steroid dienone is 2. The number of halogens is 4. The van der Waals surface area contributed by atoms with Gasteiger partial charge in [-0.2, -0.15) is 8.78 Å². The van der Waals surface area contributed by atoms with Crippen LogP contribution in [0, 0.1) is 5.92 Å². The maximum atomic E-state index is 13.0. The average Bonchev–Trinajstić information content (AvgIpc) is 2.02. The first-order chi connectivity index (χ1) is 5.79. The Bertz CT molecular complexity index is 200. The van der Waals surface area contributed by atoms with Crippen LogP contribution in [-0.4, -0.2) is 11.8 Å². The van der Waals surface area contributed by atoms with Gasteiger partial charge in [0.1, 0.15) is 6.16 Å². The molecule has 0 fully saturated rings. The van der Waals surface area contributed by atoms with Crippen molar-refractivity contribution in [2.24, 2.45) is 5.92 Å². The lowest BCUT2D eigenvalue weighted by molar-refractivity contribution is 0.0433. The summed E-state index contributed by atoms with van der Waals surface area (Å²) >= 11 is 0. The monoisotopic (exact) mass is 215 g/mol. The van der Waals surface area contributed by atoms with Crippen molar-refractivity contribution >= 4 is 7.88 Å². The number of hydrogen-bond donors (Lipinski definition) is 0. The van der Waals surface area contributed by atoms with Crippen molar-refractivity contribution in [3.63, 3.8) is 0 Å². The molecule has 0 heterocycles. The summed E-state index contributed by atoms with van der Waals surface area (Å²) in [5.41, 5.74) is -3.96. The Morgan fingerprint density at radius 3 is 2.15 bits per heavy atom. The van der Waals surface area contributed by atoms with Crippen LogP contribution in [-0.2, 0) is 0 Å². The van der Waals surface area contributed by atoms with Gasteiger partial charge in [0.15, 0.2) is 0 Å². The molecule has 0 aromatic rings. The van der Waals surface area contributed by atoms with E-state index in [-0.39, 0.29) is 0 Å². The van der Waals surface area contributed by atoms with Crippen molar-refractivity contribution in [3.05, 3.63) is 25.3 Å². The van der Waals surface area contributed by atoms with Gasteiger partial charge in [-0.05, 0) is 21.4 Å². The molecule has 0 aliphatic rings. The quantitative estimate of drug-likeness (QED) is 0.363. The van der Waals surface area contributed by atoms with Crippen LogP contribution in [0.5, 0.6) is 0 Å². The van der Waals surface area contributed by atoms with Gasteiger partial charge in [0.05, 0.1) is 5.92 Å². The molecule has 0 radical (unpaired) electrons. The second-order valence-electron chi connectivity index (χ2n) is 2.71. The molecule has 0 N–H and O–H groups in total. The minimum Gasteiger partial charge on any atom is -0.159 e. The molecule has 0 spiro atoms. The van der Waals surface area contributed by atoms with Gasteiger partial charge in [0, 0.05) is 0 Å². The molecule has 1 atom stereocenters. The van der Waals surface area contributed by atoms with Crippen molar-refractivity contribution in [3.8, 4) is 0 Å². The molecule has 0 aromatic carbocycles. The topological polar surface area (TPSA) is 0 Å². The third kappa shape index (κ3) is 2.53. The Morgan fingerprint density at radius 1 is 1.38 bits per heavy atom. The SMILES string of the molecule is C=CC[P+](F)(F)C(F)(F)C(C)C=C. The zero-order chi connectivity index (χ0) is 10.7. The van der Waals surface area contributed by atoms with E-state index in [4.69, 9.17) is 0 Å². The highest BCUT2D eigenvalue weighted by Gasteiger charge is 2.68. The van der Waals surface area contributed by atoms with Crippen molar-refractivity contribution in [1.29, 1.82) is 0 Å². The fourth-order valence-electron chi connectivity index (χ4n) is 0.724. The second-order valence-corrected chi connectivity index (χ2v) is 4.94. The molecule has 0 saturated heterocycles. The molecular weight excluding hydrogens is 203 g/mol. The van der Waals surface area contributed by atoms with Crippen LogP contribution in [0.15, 0.2) is 25.3 Å². The maximum Gasteiger partial charge on any atom is 0.461 e. The lowest BCUT2D eigenvalue weighted by Gasteiger charge is -2.19. The van der Waals surface area contributed by atoms with E-state index in [0.717, 1.165) is 19.1 Å². The Morgan fingerprint density at radius 2 is 1.85 bits per heavy atom. The molecule has 0 aliphatic carbocycles. The van der Waals surface area contributed by atoms with Crippen molar-refractivity contribution < 1.29 is 17.2 Å². The Hall–Kier alpha value is -0.370. The molecule has 0 saturated carbocycles. The molecule has 0 rings (SSSR count). The maximum absolute atomic E-state index is 13.0. The van der Waals surface area contributed by atoms with E-state index >= 15 is 0 Å². The Kier molecular flexibility index (Phi) is 4.11. The largest absolute Gasteiger partial charge is 0.461 e. The fourth-order valence-corrected chi connectivity index (χ4v) is 1.99. The molecule has 1 unspecified atom stereocenters. The van der Waals surface area contributed by atoms with E-state index in [9.17, 15) is 17.2 Å². The highest BCUT2D eigenvalue weighted by Crippen LogP contribution is 2.75. The zero-order valence-electron chi connectivity index (χ0n) is 7.31. The van der Waals surface area contributed by atoms with Gasteiger partial charge in [-0.1, -0.05) is 12.7 Å². The van der Waals surface area contributed by atoms with Crippen molar-refractivity contribution in [2.45, 2.75) is 12.6 Å². The number of alkyl halides is 2. The van der Waals surface area contributed by atoms with Crippen LogP contribution in [0.4, 0.5) is 17.2 Å². The summed E-state index contributed by atoms with van der Waals surface area (Å²) in [4.78, 5) is 0. The van der Waals surface area contributed by atoms with Gasteiger partial charge in [-0.25, -0.2) is 0 Å². The molecule has 76 valence electrons. The van der Waals surface area contributed by atoms with E-state index in [2.05, 4.69) is 13.2 Å². The fraction of sp³-hybridized carbons (Fsp3) is 0.500. The molecule has 0 aliphatic heterocycles. The molecule has 0 nitrogen and oxygen atoms in total. The lowest BCUT2D eigenvalue weighted by atomic mass is 10.2. The van der Waals surface area contributed by atoms with Crippen LogP contribution < -0.4 is 0 Å². The predicted octanol–water partition coefficient (Wildman–Crippen LogP) is 4.37. The van der Waals surface area contributed by atoms with Crippen molar-refractivity contribution in [1.82, 2.24) is 0 Å². The molecule has 0 amide bonds. The third-order valence-electron chi connectivity index (χ3n) is 1.70. The van der Waals surface area contributed by atoms with E-state index in [0.29, 0.717) is 0 Å². The first-order valence-corrected chi connectivity index (χ1v) is 5.44. The lowest BCUT2D eigenvalue weighted by Crippen LogP contribution is -2.25. The van der Waals surface area contributed by atoms with Gasteiger partial charge in [-0.3, -0.25) is 0 Å². The van der Waals surface area contributed by atoms with Crippen LogP contribution in [0.3, 0.4) is 0 Å². The third-order valence-corrected chi connectivity index (χ3v) is 3.69. The van der Waals surface area contributed by atoms with E-state index in [1.165, 1.54) is 0 Å². The summed E-state index contributed by atoms with van der Waals surface area (Å²) in [5.74, 6) is -1.50. The van der Waals surface area contributed by atoms with Crippen LogP contribution >= 0.6 is 7.88 Å². The molecular formula is C8H12F4P+. The van der Waals surface area contributed by atoms with Crippen LogP contribution in [0.2, 0.25) is 0 Å². The van der Waals surface area contributed by atoms with Crippen LogP contribution in [0.1, 0.15) is 6.92 Å². The highest BCUT2D eigenvalue weighted by atomic mass is 31.2. The Labute approximate surface area is 75.9 Å². The van der Waals surface area contributed by atoms with E-state index < -0.39 is 25.6 Å². The number of hydrogen-bond acceptors (Lipinski definition) is 0. The Balaban J connectivity index is 4.77. The average molecular weight is 215 g/mol. The van der Waals surface area contributed by atoms with E-state index in [1.807, 2.05) is 0 Å². The van der Waals surface area contributed by atoms with E-state index in [1.54, 1.807) is 0 Å². The normalized spacial score (nSPS) is 15.2. The van der Waals surface area contributed by atoms with Gasteiger partial charge in [0.25, 0.3) is 0 Å². The summed E-state index contributed by atoms with van der Waals surface area (Å²) in [5, 5.41) is 0. The minimum atomic E-state index is -5.24. The molecule has 13 heavy (non-hydrogen) atoms. The van der Waals surface area contributed by atoms with Crippen molar-refractivity contribution in [2.75, 3.05) is 6.16 Å². The molecule has 5 heteroatoms. The first kappa shape index (κ1) is 12.6. The van der Waals surface area contributed by atoms with Gasteiger partial charge >= 0.3 is 13.5 Å². The summed E-state index contributed by atoms with van der Waals surface area (Å²) in [7, 11) is -5.24. The van der Waals surface area contributed by atoms with Gasteiger partial charge in [0.2, 0.25) is 0 Å². The summed E-state index contributed by atoms with van der Waals surface area (Å²) in [6, 6.07) is 0. The highest BCUT2D eigenvalue weighted by molar-refractivity contribution is 7.67. The molecule has 0 bridgehead atoms. The first-order valence-electron chi connectivity index (χ1n) is 3.68. The summed E-state index contributed by atoms with van der Waals surface area (Å²) in [6.07, 6.45) is 0.757. The van der Waals surface area contributed by atoms with Crippen LogP contribution in [0.25, 0.3) is 0 Å². The summed E-state index contributed by atoms with van der Waals surface area (Å²) in [6.45, 7) is 7.14. The van der Waals surface area contributed by atoms with Gasteiger partial charge in [-0.15, -0.1) is 6.58 Å². The minimum absolute atomic E-state index is 0.831. The summed E-state index contributed by atoms with van der Waals surface area (Å²) < 4.78 is 51.7. The zero-order valence-corrected chi connectivity index (χ0v) is 8.21. The second kappa shape index (κ2) is 4.23. The standard InChI is InChI=1S/C8H12F4P/c1-4-6-13(11,12)8(9,10)7(3)5-2/h4-5,7H,1-2,6H2,3H3/q+1. The number of rotatable bonds is 5.